The molecule has 0 spiro atoms. The molecule has 0 N–H and O–H groups in total. The van der Waals surface area contributed by atoms with E-state index in [4.69, 9.17) is 11.6 Å². The van der Waals surface area contributed by atoms with Crippen molar-refractivity contribution < 1.29 is 18.1 Å². The molecule has 0 aliphatic carbocycles. The highest BCUT2D eigenvalue weighted by Gasteiger charge is 2.39. The minimum Gasteiger partial charge on any atom is -0.258 e. The van der Waals surface area contributed by atoms with Crippen molar-refractivity contribution in [3.05, 3.63) is 63.2 Å². The maximum Gasteiger partial charge on any atom is 0.423 e. The quantitative estimate of drug-likeness (QED) is 0.583. The molecule has 2 aromatic carbocycles. The monoisotopic (exact) mass is 301 g/mol. The van der Waals surface area contributed by atoms with Crippen LogP contribution in [0.4, 0.5) is 18.9 Å². The molecule has 0 fully saturated rings. The van der Waals surface area contributed by atoms with E-state index in [0.29, 0.717) is 11.6 Å². The number of nitrogens with zero attached hydrogens (tertiary/aromatic N) is 1. The van der Waals surface area contributed by atoms with Crippen molar-refractivity contribution in [1.29, 1.82) is 0 Å². The minimum atomic E-state index is -4.83. The molecule has 7 heteroatoms. The highest BCUT2D eigenvalue weighted by molar-refractivity contribution is 6.33. The third-order valence-corrected chi connectivity index (χ3v) is 2.98. The fourth-order valence-electron chi connectivity index (χ4n) is 1.78. The van der Waals surface area contributed by atoms with Crippen molar-refractivity contribution in [2.45, 2.75) is 6.18 Å². The lowest BCUT2D eigenvalue weighted by Crippen LogP contribution is -2.09. The first-order chi connectivity index (χ1) is 9.30. The molecule has 3 nitrogen and oxygen atoms in total. The number of benzene rings is 2. The zero-order valence-corrected chi connectivity index (χ0v) is 10.6. The molecule has 0 bridgehead atoms. The predicted octanol–water partition coefficient (Wildman–Crippen LogP) is 4.93. The van der Waals surface area contributed by atoms with E-state index in [9.17, 15) is 23.3 Å². The molecule has 0 aromatic heterocycles. The standard InChI is InChI=1S/C13H7ClF3NO2/c14-11-7-10(13(15,16)17)12(18(19)20)6-9(11)8-4-2-1-3-5-8/h1-7H. The molecule has 0 radical (unpaired) electrons. The van der Waals surface area contributed by atoms with Crippen LogP contribution in [0.2, 0.25) is 5.02 Å². The van der Waals surface area contributed by atoms with Gasteiger partial charge in [0.2, 0.25) is 0 Å². The second-order valence-electron chi connectivity index (χ2n) is 3.97. The van der Waals surface area contributed by atoms with Crippen molar-refractivity contribution in [2.24, 2.45) is 0 Å². The van der Waals surface area contributed by atoms with Crippen molar-refractivity contribution in [3.63, 3.8) is 0 Å². The lowest BCUT2D eigenvalue weighted by Gasteiger charge is -2.11. The summed E-state index contributed by atoms with van der Waals surface area (Å²) in [6.45, 7) is 0. The van der Waals surface area contributed by atoms with Gasteiger partial charge in [0.15, 0.2) is 0 Å². The van der Waals surface area contributed by atoms with Gasteiger partial charge in [-0.2, -0.15) is 13.2 Å². The molecule has 0 atom stereocenters. The van der Waals surface area contributed by atoms with Crippen LogP contribution < -0.4 is 0 Å². The van der Waals surface area contributed by atoms with Gasteiger partial charge in [0, 0.05) is 16.7 Å². The second-order valence-corrected chi connectivity index (χ2v) is 4.38. The Morgan fingerprint density at radius 2 is 1.70 bits per heavy atom. The summed E-state index contributed by atoms with van der Waals surface area (Å²) in [4.78, 5) is 9.76. The van der Waals surface area contributed by atoms with Crippen molar-refractivity contribution in [3.8, 4) is 11.1 Å². The normalized spacial score (nSPS) is 11.4. The molecule has 0 saturated carbocycles. The van der Waals surface area contributed by atoms with E-state index in [1.165, 1.54) is 0 Å². The predicted molar refractivity (Wildman–Crippen MR) is 68.5 cm³/mol. The largest absolute Gasteiger partial charge is 0.423 e. The van der Waals surface area contributed by atoms with Crippen LogP contribution in [0.5, 0.6) is 0 Å². The summed E-state index contributed by atoms with van der Waals surface area (Å²) in [6, 6.07) is 9.69. The third-order valence-electron chi connectivity index (χ3n) is 2.67. The Labute approximate surface area is 116 Å². The van der Waals surface area contributed by atoms with Crippen LogP contribution in [0, 0.1) is 10.1 Å². The van der Waals surface area contributed by atoms with Gasteiger partial charge in [-0.25, -0.2) is 0 Å². The van der Waals surface area contributed by atoms with Crippen molar-refractivity contribution in [2.75, 3.05) is 0 Å². The van der Waals surface area contributed by atoms with E-state index < -0.39 is 22.4 Å². The van der Waals surface area contributed by atoms with E-state index in [1.54, 1.807) is 30.3 Å². The van der Waals surface area contributed by atoms with Gasteiger partial charge in [0.1, 0.15) is 5.56 Å². The Morgan fingerprint density at radius 3 is 2.20 bits per heavy atom. The zero-order chi connectivity index (χ0) is 14.9. The number of nitro benzene ring substituents is 1. The first-order valence-corrected chi connectivity index (χ1v) is 5.79. The summed E-state index contributed by atoms with van der Waals surface area (Å²) in [5, 5.41) is 10.6. The summed E-state index contributed by atoms with van der Waals surface area (Å²) in [7, 11) is 0. The number of nitro groups is 1. The fourth-order valence-corrected chi connectivity index (χ4v) is 2.05. The molecule has 0 unspecified atom stereocenters. The summed E-state index contributed by atoms with van der Waals surface area (Å²) < 4.78 is 38.3. The fraction of sp³-hybridized carbons (Fsp3) is 0.0769. The van der Waals surface area contributed by atoms with Gasteiger partial charge in [0.25, 0.3) is 5.69 Å². The lowest BCUT2D eigenvalue weighted by atomic mass is 10.0. The average molecular weight is 302 g/mol. The van der Waals surface area contributed by atoms with E-state index in [-0.39, 0.29) is 10.6 Å². The Bertz CT molecular complexity index is 657. The SMILES string of the molecule is O=[N+]([O-])c1cc(-c2ccccc2)c(Cl)cc1C(F)(F)F. The molecular weight excluding hydrogens is 295 g/mol. The molecule has 0 saturated heterocycles. The maximum atomic E-state index is 12.8. The topological polar surface area (TPSA) is 43.1 Å². The first-order valence-electron chi connectivity index (χ1n) is 5.41. The molecule has 104 valence electrons. The van der Waals surface area contributed by atoms with Crippen LogP contribution in [0.25, 0.3) is 11.1 Å². The smallest absolute Gasteiger partial charge is 0.258 e. The number of alkyl halides is 3. The van der Waals surface area contributed by atoms with Gasteiger partial charge in [-0.3, -0.25) is 10.1 Å². The van der Waals surface area contributed by atoms with E-state index >= 15 is 0 Å². The van der Waals surface area contributed by atoms with Crippen molar-refractivity contribution >= 4 is 17.3 Å². The van der Waals surface area contributed by atoms with E-state index in [2.05, 4.69) is 0 Å². The molecule has 2 aromatic rings. The Morgan fingerprint density at radius 1 is 1.10 bits per heavy atom. The van der Waals surface area contributed by atoms with Gasteiger partial charge >= 0.3 is 6.18 Å². The number of hydrogen-bond donors (Lipinski definition) is 0. The average Bonchev–Trinajstić information content (AvgIpc) is 2.38. The van der Waals surface area contributed by atoms with Crippen LogP contribution in [-0.2, 0) is 6.18 Å². The summed E-state index contributed by atoms with van der Waals surface area (Å²) in [5.74, 6) is 0. The summed E-state index contributed by atoms with van der Waals surface area (Å²) in [6.07, 6.45) is -4.83. The molecule has 0 amide bonds. The Kier molecular flexibility index (Phi) is 3.67. The van der Waals surface area contributed by atoms with E-state index in [1.807, 2.05) is 0 Å². The number of hydrogen-bond acceptors (Lipinski definition) is 2. The van der Waals surface area contributed by atoms with Crippen LogP contribution >= 0.6 is 11.6 Å². The summed E-state index contributed by atoms with van der Waals surface area (Å²) >= 11 is 5.82. The summed E-state index contributed by atoms with van der Waals surface area (Å²) in [5.41, 5.74) is -1.67. The third kappa shape index (κ3) is 2.75. The molecule has 0 aliphatic heterocycles. The van der Waals surface area contributed by atoms with Crippen LogP contribution in [0.15, 0.2) is 42.5 Å². The van der Waals surface area contributed by atoms with Crippen LogP contribution in [0.3, 0.4) is 0 Å². The highest BCUT2D eigenvalue weighted by atomic mass is 35.5. The zero-order valence-electron chi connectivity index (χ0n) is 9.82. The van der Waals surface area contributed by atoms with Gasteiger partial charge in [-0.15, -0.1) is 0 Å². The number of rotatable bonds is 2. The van der Waals surface area contributed by atoms with Gasteiger partial charge in [0.05, 0.1) is 4.92 Å². The maximum absolute atomic E-state index is 12.8. The minimum absolute atomic E-state index is 0.186. The first kappa shape index (κ1) is 14.3. The Balaban J connectivity index is 2.69. The molecule has 0 aliphatic rings. The van der Waals surface area contributed by atoms with Crippen molar-refractivity contribution in [1.82, 2.24) is 0 Å². The van der Waals surface area contributed by atoms with Crippen LogP contribution in [-0.4, -0.2) is 4.92 Å². The lowest BCUT2D eigenvalue weighted by molar-refractivity contribution is -0.388. The molecule has 0 heterocycles. The molecule has 2 rings (SSSR count). The molecule has 20 heavy (non-hydrogen) atoms. The van der Waals surface area contributed by atoms with E-state index in [0.717, 1.165) is 6.07 Å². The second kappa shape index (κ2) is 5.13. The van der Waals surface area contributed by atoms with Crippen LogP contribution in [0.1, 0.15) is 5.56 Å². The number of halogens is 4. The highest BCUT2D eigenvalue weighted by Crippen LogP contribution is 2.41. The van der Waals surface area contributed by atoms with Gasteiger partial charge in [-0.1, -0.05) is 41.9 Å². The Hall–Kier alpha value is -2.08. The van der Waals surface area contributed by atoms with Gasteiger partial charge < -0.3 is 0 Å². The van der Waals surface area contributed by atoms with Gasteiger partial charge in [-0.05, 0) is 11.6 Å². The molecular formula is C13H7ClF3NO2.